The Labute approximate surface area is 175 Å². The summed E-state index contributed by atoms with van der Waals surface area (Å²) in [4.78, 5) is 31.2. The number of guanidine groups is 1. The number of aromatic nitrogens is 1. The summed E-state index contributed by atoms with van der Waals surface area (Å²) in [6, 6.07) is 14.8. The zero-order chi connectivity index (χ0) is 21.5. The maximum atomic E-state index is 11.4. The number of fused-ring (bicyclic) bond motifs is 1. The van der Waals surface area contributed by atoms with Gasteiger partial charge >= 0.3 is 11.9 Å². The number of hydrogen-bond donors (Lipinski definition) is 4. The second-order valence-electron chi connectivity index (χ2n) is 5.91. The van der Waals surface area contributed by atoms with Crippen LogP contribution in [0, 0.1) is 0 Å². The van der Waals surface area contributed by atoms with Crippen LogP contribution in [0.2, 0.25) is 0 Å². The minimum atomic E-state index is -1.44. The quantitative estimate of drug-likeness (QED) is 0.257. The number of methoxy groups -OCH3 is 1. The molecule has 1 heterocycles. The molecule has 0 spiro atoms. The molecule has 10 heteroatoms. The highest BCUT2D eigenvalue weighted by atomic mass is 32.1. The molecule has 154 valence electrons. The molecule has 9 nitrogen and oxygen atoms in total. The number of aliphatic carboxylic acids is 2. The van der Waals surface area contributed by atoms with Crippen LogP contribution >= 0.6 is 11.3 Å². The van der Waals surface area contributed by atoms with Crippen molar-refractivity contribution in [3.63, 3.8) is 0 Å². The topological polar surface area (TPSA) is 133 Å². The largest absolute Gasteiger partial charge is 0.496 e. The average molecular weight is 426 g/mol. The SMILES string of the molecule is COc1ccccc1CN=C(N/C(=C\C(=O)O)C(=O)O)Nc1nc2ccccc2s1. The number of rotatable bonds is 7. The molecular formula is C20H18N4O5S. The number of para-hydroxylation sites is 2. The Morgan fingerprint density at radius 1 is 1.17 bits per heavy atom. The average Bonchev–Trinajstić information content (AvgIpc) is 3.13. The zero-order valence-electron chi connectivity index (χ0n) is 15.8. The van der Waals surface area contributed by atoms with Crippen molar-refractivity contribution >= 4 is 44.6 Å². The van der Waals surface area contributed by atoms with E-state index >= 15 is 0 Å². The van der Waals surface area contributed by atoms with Gasteiger partial charge in [0.2, 0.25) is 5.96 Å². The molecule has 2 aromatic carbocycles. The Balaban J connectivity index is 1.92. The third-order valence-electron chi connectivity index (χ3n) is 3.87. The fourth-order valence-corrected chi connectivity index (χ4v) is 3.40. The van der Waals surface area contributed by atoms with Gasteiger partial charge in [0.15, 0.2) is 5.13 Å². The first-order valence-electron chi connectivity index (χ1n) is 8.70. The Bertz CT molecular complexity index is 1110. The summed E-state index contributed by atoms with van der Waals surface area (Å²) in [5, 5.41) is 24.2. The number of nitrogens with one attached hydrogen (secondary N) is 2. The molecule has 0 amide bonds. The van der Waals surface area contributed by atoms with Gasteiger partial charge in [-0.25, -0.2) is 19.6 Å². The molecule has 0 unspecified atom stereocenters. The molecular weight excluding hydrogens is 408 g/mol. The van der Waals surface area contributed by atoms with Crippen LogP contribution < -0.4 is 15.4 Å². The molecule has 0 saturated carbocycles. The third kappa shape index (κ3) is 5.32. The fraction of sp³-hybridized carbons (Fsp3) is 0.100. The van der Waals surface area contributed by atoms with Crippen LogP contribution in [0.15, 0.2) is 65.3 Å². The van der Waals surface area contributed by atoms with Gasteiger partial charge < -0.3 is 25.6 Å². The van der Waals surface area contributed by atoms with Gasteiger partial charge in [-0.2, -0.15) is 0 Å². The predicted molar refractivity (Wildman–Crippen MR) is 114 cm³/mol. The van der Waals surface area contributed by atoms with Crippen molar-refractivity contribution in [2.75, 3.05) is 12.4 Å². The van der Waals surface area contributed by atoms with Crippen LogP contribution in [-0.2, 0) is 16.1 Å². The molecule has 0 aliphatic carbocycles. The Morgan fingerprint density at radius 3 is 2.60 bits per heavy atom. The minimum Gasteiger partial charge on any atom is -0.496 e. The van der Waals surface area contributed by atoms with Crippen molar-refractivity contribution in [3.05, 3.63) is 65.9 Å². The highest BCUT2D eigenvalue weighted by Crippen LogP contribution is 2.25. The van der Waals surface area contributed by atoms with Crippen molar-refractivity contribution in [2.45, 2.75) is 6.54 Å². The van der Waals surface area contributed by atoms with Gasteiger partial charge in [-0.1, -0.05) is 41.7 Å². The second kappa shape index (κ2) is 9.52. The van der Waals surface area contributed by atoms with E-state index in [1.54, 1.807) is 13.2 Å². The molecule has 1 aromatic heterocycles. The number of hydrogen-bond acceptors (Lipinski definition) is 6. The van der Waals surface area contributed by atoms with Crippen molar-refractivity contribution in [3.8, 4) is 5.75 Å². The second-order valence-corrected chi connectivity index (χ2v) is 6.95. The summed E-state index contributed by atoms with van der Waals surface area (Å²) >= 11 is 1.35. The molecule has 0 bridgehead atoms. The van der Waals surface area contributed by atoms with Gasteiger partial charge in [-0.15, -0.1) is 0 Å². The molecule has 0 aliphatic heterocycles. The van der Waals surface area contributed by atoms with E-state index in [-0.39, 0.29) is 12.5 Å². The maximum Gasteiger partial charge on any atom is 0.352 e. The van der Waals surface area contributed by atoms with E-state index in [2.05, 4.69) is 20.6 Å². The number of carboxylic acid groups (broad SMARTS) is 2. The zero-order valence-corrected chi connectivity index (χ0v) is 16.6. The molecule has 0 atom stereocenters. The van der Waals surface area contributed by atoms with Crippen molar-refractivity contribution in [2.24, 2.45) is 4.99 Å². The van der Waals surface area contributed by atoms with Crippen molar-refractivity contribution < 1.29 is 24.5 Å². The van der Waals surface area contributed by atoms with Gasteiger partial charge in [0.25, 0.3) is 0 Å². The standard InChI is InChI=1S/C20H18N4O5S/c1-29-15-8-4-2-6-12(15)11-21-19(22-14(18(27)28)10-17(25)26)24-20-23-13-7-3-5-9-16(13)30-20/h2-10H,11H2,1H3,(H,25,26)(H,27,28)(H2,21,22,23,24)/b14-10-. The third-order valence-corrected chi connectivity index (χ3v) is 4.82. The molecule has 0 saturated heterocycles. The number of thiazole rings is 1. The molecule has 3 rings (SSSR count). The molecule has 3 aromatic rings. The summed E-state index contributed by atoms with van der Waals surface area (Å²) < 4.78 is 6.24. The highest BCUT2D eigenvalue weighted by Gasteiger charge is 2.14. The van der Waals surface area contributed by atoms with Crippen LogP contribution in [0.3, 0.4) is 0 Å². The highest BCUT2D eigenvalue weighted by molar-refractivity contribution is 7.22. The first kappa shape index (κ1) is 20.8. The van der Waals surface area contributed by atoms with Crippen molar-refractivity contribution in [1.82, 2.24) is 10.3 Å². The number of ether oxygens (including phenoxy) is 1. The monoisotopic (exact) mass is 426 g/mol. The summed E-state index contributed by atoms with van der Waals surface area (Å²) in [5.41, 5.74) is 0.994. The van der Waals surface area contributed by atoms with E-state index in [1.165, 1.54) is 11.3 Å². The predicted octanol–water partition coefficient (Wildman–Crippen LogP) is 2.92. The van der Waals surface area contributed by atoms with E-state index in [0.29, 0.717) is 17.0 Å². The Kier molecular flexibility index (Phi) is 6.60. The lowest BCUT2D eigenvalue weighted by atomic mass is 10.2. The number of aliphatic imine (C=N–C) groups is 1. The van der Waals surface area contributed by atoms with Crippen molar-refractivity contribution in [1.29, 1.82) is 0 Å². The number of carboxylic acids is 2. The van der Waals surface area contributed by atoms with E-state index in [1.807, 2.05) is 42.5 Å². The van der Waals surface area contributed by atoms with Crippen LogP contribution in [0.1, 0.15) is 5.56 Å². The summed E-state index contributed by atoms with van der Waals surface area (Å²) in [6.07, 6.45) is 0.557. The van der Waals surface area contributed by atoms with Crippen LogP contribution in [0.4, 0.5) is 5.13 Å². The normalized spacial score (nSPS) is 11.9. The Hall–Kier alpha value is -3.92. The maximum absolute atomic E-state index is 11.4. The summed E-state index contributed by atoms with van der Waals surface area (Å²) in [5.74, 6) is -2.17. The first-order chi connectivity index (χ1) is 14.5. The van der Waals surface area contributed by atoms with E-state index < -0.39 is 17.6 Å². The Morgan fingerprint density at radius 2 is 1.90 bits per heavy atom. The lowest BCUT2D eigenvalue weighted by molar-refractivity contribution is -0.135. The van der Waals surface area contributed by atoms with Gasteiger partial charge in [0.1, 0.15) is 11.4 Å². The van der Waals surface area contributed by atoms with E-state index in [4.69, 9.17) is 9.84 Å². The fourth-order valence-electron chi connectivity index (χ4n) is 2.54. The lowest BCUT2D eigenvalue weighted by Crippen LogP contribution is -2.33. The van der Waals surface area contributed by atoms with Gasteiger partial charge in [0, 0.05) is 5.56 Å². The van der Waals surface area contributed by atoms with Crippen LogP contribution in [-0.4, -0.2) is 40.2 Å². The molecule has 0 aliphatic rings. The van der Waals surface area contributed by atoms with Gasteiger partial charge in [0.05, 0.1) is 29.9 Å². The number of carbonyl (C=O) groups is 2. The number of nitrogens with zero attached hydrogens (tertiary/aromatic N) is 2. The molecule has 0 fully saturated rings. The minimum absolute atomic E-state index is 0.0369. The first-order valence-corrected chi connectivity index (χ1v) is 9.52. The lowest BCUT2D eigenvalue weighted by Gasteiger charge is -2.12. The molecule has 30 heavy (non-hydrogen) atoms. The number of anilines is 1. The molecule has 0 radical (unpaired) electrons. The van der Waals surface area contributed by atoms with Crippen LogP contribution in [0.5, 0.6) is 5.75 Å². The molecule has 4 N–H and O–H groups in total. The number of benzene rings is 2. The van der Waals surface area contributed by atoms with E-state index in [0.717, 1.165) is 15.8 Å². The van der Waals surface area contributed by atoms with Gasteiger partial charge in [-0.3, -0.25) is 0 Å². The summed E-state index contributed by atoms with van der Waals surface area (Å²) in [7, 11) is 1.54. The van der Waals surface area contributed by atoms with E-state index in [9.17, 15) is 14.7 Å². The van der Waals surface area contributed by atoms with Gasteiger partial charge in [-0.05, 0) is 18.2 Å². The summed E-state index contributed by atoms with van der Waals surface area (Å²) in [6.45, 7) is 0.157. The smallest absolute Gasteiger partial charge is 0.352 e. The van der Waals surface area contributed by atoms with Crippen LogP contribution in [0.25, 0.3) is 10.2 Å².